The summed E-state index contributed by atoms with van der Waals surface area (Å²) in [6.45, 7) is -0.439. The molecule has 0 atom stereocenters. The molecule has 1 aromatic rings. The number of phenols is 1. The van der Waals surface area contributed by atoms with Crippen LogP contribution in [0.2, 0.25) is 0 Å². The Labute approximate surface area is 95.2 Å². The van der Waals surface area contributed by atoms with Crippen molar-refractivity contribution in [2.45, 2.75) is 0 Å². The van der Waals surface area contributed by atoms with Crippen molar-refractivity contribution in [3.05, 3.63) is 33.9 Å². The molecule has 0 aromatic heterocycles. The van der Waals surface area contributed by atoms with Crippen LogP contribution in [0.1, 0.15) is 10.4 Å². The van der Waals surface area contributed by atoms with E-state index in [9.17, 15) is 19.7 Å². The Hall–Kier alpha value is -2.64. The summed E-state index contributed by atoms with van der Waals surface area (Å²) in [5.41, 5.74) is 4.01. The van der Waals surface area contributed by atoms with Crippen molar-refractivity contribution < 1.29 is 19.6 Å². The monoisotopic (exact) mass is 239 g/mol. The molecule has 0 aliphatic heterocycles. The first-order chi connectivity index (χ1) is 7.91. The Kier molecular flexibility index (Phi) is 3.60. The van der Waals surface area contributed by atoms with Gasteiger partial charge >= 0.3 is 0 Å². The van der Waals surface area contributed by atoms with Crippen molar-refractivity contribution in [2.24, 2.45) is 5.73 Å². The number of nitro groups is 1. The lowest BCUT2D eigenvalue weighted by molar-refractivity contribution is -0.385. The second-order valence-corrected chi connectivity index (χ2v) is 3.11. The summed E-state index contributed by atoms with van der Waals surface area (Å²) >= 11 is 0. The number of carbonyl (C=O) groups is 2. The van der Waals surface area contributed by atoms with Gasteiger partial charge in [0.25, 0.3) is 11.6 Å². The number of nitro benzene ring substituents is 1. The number of nitrogens with zero attached hydrogens (tertiary/aromatic N) is 1. The summed E-state index contributed by atoms with van der Waals surface area (Å²) in [4.78, 5) is 31.8. The first-order valence-electron chi connectivity index (χ1n) is 4.45. The molecule has 0 radical (unpaired) electrons. The molecule has 0 fully saturated rings. The van der Waals surface area contributed by atoms with Gasteiger partial charge in [-0.05, 0) is 12.1 Å². The smallest absolute Gasteiger partial charge is 0.282 e. The van der Waals surface area contributed by atoms with E-state index in [1.807, 2.05) is 0 Å². The van der Waals surface area contributed by atoms with E-state index in [-0.39, 0.29) is 11.3 Å². The highest BCUT2D eigenvalue weighted by Gasteiger charge is 2.20. The van der Waals surface area contributed by atoms with Crippen LogP contribution in [0, 0.1) is 10.1 Å². The minimum atomic E-state index is -0.855. The summed E-state index contributed by atoms with van der Waals surface area (Å²) in [6.07, 6.45) is 0. The molecule has 0 saturated heterocycles. The van der Waals surface area contributed by atoms with Crippen molar-refractivity contribution in [3.8, 4) is 5.75 Å². The van der Waals surface area contributed by atoms with Crippen LogP contribution in [0.15, 0.2) is 18.2 Å². The number of nitrogens with one attached hydrogen (secondary N) is 1. The second kappa shape index (κ2) is 4.92. The number of benzene rings is 1. The summed E-state index contributed by atoms with van der Waals surface area (Å²) in [7, 11) is 0. The number of hydrogen-bond donors (Lipinski definition) is 3. The first-order valence-corrected chi connectivity index (χ1v) is 4.45. The second-order valence-electron chi connectivity index (χ2n) is 3.11. The van der Waals surface area contributed by atoms with Crippen LogP contribution in [0.3, 0.4) is 0 Å². The molecule has 0 aliphatic carbocycles. The van der Waals surface area contributed by atoms with Crippen molar-refractivity contribution in [3.63, 3.8) is 0 Å². The van der Waals surface area contributed by atoms with E-state index < -0.39 is 29.0 Å². The average molecular weight is 239 g/mol. The molecule has 1 aromatic carbocycles. The zero-order chi connectivity index (χ0) is 13.0. The molecule has 0 bridgehead atoms. The lowest BCUT2D eigenvalue weighted by Gasteiger charge is -2.04. The van der Waals surface area contributed by atoms with Crippen molar-refractivity contribution >= 4 is 17.5 Å². The maximum atomic E-state index is 11.5. The number of rotatable bonds is 4. The van der Waals surface area contributed by atoms with Gasteiger partial charge in [-0.2, -0.15) is 0 Å². The third-order valence-electron chi connectivity index (χ3n) is 1.84. The average Bonchev–Trinajstić information content (AvgIpc) is 2.25. The van der Waals surface area contributed by atoms with Gasteiger partial charge < -0.3 is 16.2 Å². The normalized spacial score (nSPS) is 9.65. The number of amides is 2. The van der Waals surface area contributed by atoms with Gasteiger partial charge in [0.05, 0.1) is 11.5 Å². The van der Waals surface area contributed by atoms with Crippen LogP contribution >= 0.6 is 0 Å². The van der Waals surface area contributed by atoms with E-state index in [0.29, 0.717) is 0 Å². The summed E-state index contributed by atoms with van der Waals surface area (Å²) in [5, 5.41) is 21.9. The largest absolute Gasteiger partial charge is 0.508 e. The summed E-state index contributed by atoms with van der Waals surface area (Å²) in [6, 6.07) is 3.02. The molecular weight excluding hydrogens is 230 g/mol. The Morgan fingerprint density at radius 1 is 1.47 bits per heavy atom. The van der Waals surface area contributed by atoms with Crippen molar-refractivity contribution in [2.75, 3.05) is 6.54 Å². The maximum Gasteiger partial charge on any atom is 0.282 e. The van der Waals surface area contributed by atoms with Crippen LogP contribution in [0.5, 0.6) is 5.75 Å². The zero-order valence-corrected chi connectivity index (χ0v) is 8.54. The molecule has 8 nitrogen and oxygen atoms in total. The van der Waals surface area contributed by atoms with E-state index in [0.717, 1.165) is 18.2 Å². The molecule has 0 heterocycles. The SMILES string of the molecule is NC(=O)CNC(=O)c1cc(O)ccc1[N+](=O)[O-]. The third kappa shape index (κ3) is 3.16. The van der Waals surface area contributed by atoms with Crippen LogP contribution in [0.25, 0.3) is 0 Å². The van der Waals surface area contributed by atoms with Gasteiger partial charge in [-0.15, -0.1) is 0 Å². The molecular formula is C9H9N3O5. The molecule has 1 rings (SSSR count). The van der Waals surface area contributed by atoms with E-state index in [4.69, 9.17) is 10.8 Å². The Balaban J connectivity index is 3.02. The Morgan fingerprint density at radius 3 is 2.65 bits per heavy atom. The van der Waals surface area contributed by atoms with Gasteiger partial charge in [0.1, 0.15) is 11.3 Å². The molecule has 90 valence electrons. The molecule has 0 saturated carbocycles. The predicted octanol–water partition coefficient (Wildman–Crippen LogP) is -0.485. The van der Waals surface area contributed by atoms with Gasteiger partial charge in [0.15, 0.2) is 0 Å². The molecule has 2 amide bonds. The fourth-order valence-electron chi connectivity index (χ4n) is 1.13. The van der Waals surface area contributed by atoms with Crippen molar-refractivity contribution in [1.29, 1.82) is 0 Å². The molecule has 17 heavy (non-hydrogen) atoms. The van der Waals surface area contributed by atoms with E-state index >= 15 is 0 Å². The fraction of sp³-hybridized carbons (Fsp3) is 0.111. The van der Waals surface area contributed by atoms with Gasteiger partial charge in [-0.3, -0.25) is 19.7 Å². The fourth-order valence-corrected chi connectivity index (χ4v) is 1.13. The number of nitrogens with two attached hydrogens (primary N) is 1. The highest BCUT2D eigenvalue weighted by atomic mass is 16.6. The Morgan fingerprint density at radius 2 is 2.12 bits per heavy atom. The highest BCUT2D eigenvalue weighted by Crippen LogP contribution is 2.22. The third-order valence-corrected chi connectivity index (χ3v) is 1.84. The number of aromatic hydroxyl groups is 1. The van der Waals surface area contributed by atoms with Crippen LogP contribution in [-0.2, 0) is 4.79 Å². The molecule has 0 unspecified atom stereocenters. The first kappa shape index (κ1) is 12.4. The topological polar surface area (TPSA) is 136 Å². The minimum absolute atomic E-state index is 0.292. The molecule has 4 N–H and O–H groups in total. The maximum absolute atomic E-state index is 11.5. The standard InChI is InChI=1S/C9H9N3O5/c10-8(14)4-11-9(15)6-3-5(13)1-2-7(6)12(16)17/h1-3,13H,4H2,(H2,10,14)(H,11,15). The number of hydrogen-bond acceptors (Lipinski definition) is 5. The van der Waals surface area contributed by atoms with Crippen LogP contribution in [-0.4, -0.2) is 28.4 Å². The van der Waals surface area contributed by atoms with Crippen LogP contribution in [0.4, 0.5) is 5.69 Å². The van der Waals surface area contributed by atoms with E-state index in [1.165, 1.54) is 0 Å². The zero-order valence-electron chi connectivity index (χ0n) is 8.54. The molecule has 0 spiro atoms. The predicted molar refractivity (Wildman–Crippen MR) is 56.3 cm³/mol. The number of carbonyl (C=O) groups excluding carboxylic acids is 2. The highest BCUT2D eigenvalue weighted by molar-refractivity contribution is 6.00. The lowest BCUT2D eigenvalue weighted by Crippen LogP contribution is -2.33. The molecule has 8 heteroatoms. The van der Waals surface area contributed by atoms with Crippen LogP contribution < -0.4 is 11.1 Å². The van der Waals surface area contributed by atoms with E-state index in [2.05, 4.69) is 5.32 Å². The van der Waals surface area contributed by atoms with Crippen molar-refractivity contribution in [1.82, 2.24) is 5.32 Å². The molecule has 0 aliphatic rings. The summed E-state index contributed by atoms with van der Waals surface area (Å²) in [5.74, 6) is -1.92. The minimum Gasteiger partial charge on any atom is -0.508 e. The van der Waals surface area contributed by atoms with Gasteiger partial charge in [0, 0.05) is 6.07 Å². The number of primary amides is 1. The summed E-state index contributed by atoms with van der Waals surface area (Å²) < 4.78 is 0. The lowest BCUT2D eigenvalue weighted by atomic mass is 10.1. The van der Waals surface area contributed by atoms with Gasteiger partial charge in [-0.25, -0.2) is 0 Å². The van der Waals surface area contributed by atoms with E-state index in [1.54, 1.807) is 0 Å². The Bertz CT molecular complexity index is 486. The quantitative estimate of drug-likeness (QED) is 0.481. The van der Waals surface area contributed by atoms with Gasteiger partial charge in [0.2, 0.25) is 5.91 Å². The van der Waals surface area contributed by atoms with Gasteiger partial charge in [-0.1, -0.05) is 0 Å². The number of phenolic OH excluding ortho intramolecular Hbond substituents is 1.